The van der Waals surface area contributed by atoms with Gasteiger partial charge in [-0.3, -0.25) is 4.79 Å². The van der Waals surface area contributed by atoms with Crippen LogP contribution in [0.2, 0.25) is 0 Å². The Labute approximate surface area is 112 Å². The molecule has 0 saturated carbocycles. The van der Waals surface area contributed by atoms with Gasteiger partial charge in [0.1, 0.15) is 17.9 Å². The highest BCUT2D eigenvalue weighted by Crippen LogP contribution is 2.37. The van der Waals surface area contributed by atoms with Gasteiger partial charge in [0.25, 0.3) is 0 Å². The van der Waals surface area contributed by atoms with Crippen molar-refractivity contribution in [1.29, 1.82) is 0 Å². The Morgan fingerprint density at radius 3 is 2.95 bits per heavy atom. The molecule has 0 aliphatic carbocycles. The minimum absolute atomic E-state index is 0.0434. The predicted molar refractivity (Wildman–Crippen MR) is 69.7 cm³/mol. The molecule has 0 spiro atoms. The summed E-state index contributed by atoms with van der Waals surface area (Å²) >= 11 is 0. The van der Waals surface area contributed by atoms with Gasteiger partial charge in [-0.05, 0) is 13.0 Å². The van der Waals surface area contributed by atoms with E-state index in [9.17, 15) is 14.0 Å². The molecule has 1 aliphatic heterocycles. The van der Waals surface area contributed by atoms with Gasteiger partial charge in [0.2, 0.25) is 5.43 Å². The zero-order chi connectivity index (χ0) is 14.6. The average Bonchev–Trinajstić information content (AvgIpc) is 2.39. The number of benzene rings is 1. The van der Waals surface area contributed by atoms with Crippen LogP contribution in [0.15, 0.2) is 17.1 Å². The van der Waals surface area contributed by atoms with E-state index in [1.807, 2.05) is 0 Å². The summed E-state index contributed by atoms with van der Waals surface area (Å²) in [6.07, 6.45) is 1.25. The number of aromatic carboxylic acids is 1. The van der Waals surface area contributed by atoms with Crippen molar-refractivity contribution in [2.45, 2.75) is 13.0 Å². The molecule has 6 nitrogen and oxygen atoms in total. The molecule has 2 aromatic rings. The van der Waals surface area contributed by atoms with Gasteiger partial charge in [-0.1, -0.05) is 0 Å². The second-order valence-corrected chi connectivity index (χ2v) is 4.74. The van der Waals surface area contributed by atoms with E-state index in [4.69, 9.17) is 15.6 Å². The first-order valence-electron chi connectivity index (χ1n) is 5.94. The highest BCUT2D eigenvalue weighted by Gasteiger charge is 2.26. The number of nitrogens with two attached hydrogens (primary N) is 1. The molecule has 0 amide bonds. The fraction of sp³-hybridized carbons (Fsp3) is 0.231. The number of ether oxygens (including phenoxy) is 1. The van der Waals surface area contributed by atoms with E-state index in [0.717, 1.165) is 6.07 Å². The molecule has 0 radical (unpaired) electrons. The number of aromatic nitrogens is 1. The number of pyridine rings is 1. The molecule has 3 N–H and O–H groups in total. The second kappa shape index (κ2) is 3.96. The Balaban J connectivity index is 2.57. The number of nitrogen functional groups attached to an aromatic ring is 1. The molecule has 7 heteroatoms. The van der Waals surface area contributed by atoms with Crippen molar-refractivity contribution < 1.29 is 19.0 Å². The molecular formula is C13H11FN2O4. The van der Waals surface area contributed by atoms with Crippen molar-refractivity contribution in [2.24, 2.45) is 0 Å². The number of nitrogens with zero attached hydrogens (tertiary/aromatic N) is 1. The lowest BCUT2D eigenvalue weighted by Crippen LogP contribution is -2.27. The van der Waals surface area contributed by atoms with Crippen molar-refractivity contribution in [3.05, 3.63) is 33.9 Å². The van der Waals surface area contributed by atoms with Gasteiger partial charge in [-0.2, -0.15) is 0 Å². The van der Waals surface area contributed by atoms with E-state index in [-0.39, 0.29) is 29.5 Å². The Kier molecular flexibility index (Phi) is 2.47. The van der Waals surface area contributed by atoms with Crippen molar-refractivity contribution in [1.82, 2.24) is 4.57 Å². The number of halogens is 1. The minimum atomic E-state index is -1.35. The maximum atomic E-state index is 13.8. The van der Waals surface area contributed by atoms with Crippen LogP contribution in [-0.2, 0) is 0 Å². The molecule has 104 valence electrons. The standard InChI is InChI=1S/C13H11FN2O4/c1-5-4-20-12-9(15)8(14)2-6-10(12)16(5)3-7(11(6)17)13(18)19/h2-3,5H,4,15H2,1H3,(H,18,19). The molecule has 2 heterocycles. The van der Waals surface area contributed by atoms with Crippen molar-refractivity contribution in [2.75, 3.05) is 12.3 Å². The first-order valence-corrected chi connectivity index (χ1v) is 5.94. The summed E-state index contributed by atoms with van der Waals surface area (Å²) in [7, 11) is 0. The minimum Gasteiger partial charge on any atom is -0.487 e. The summed E-state index contributed by atoms with van der Waals surface area (Å²) < 4.78 is 20.8. The molecule has 0 bridgehead atoms. The Morgan fingerprint density at radius 1 is 1.60 bits per heavy atom. The molecule has 1 aromatic carbocycles. The van der Waals surface area contributed by atoms with Crippen LogP contribution in [0.1, 0.15) is 23.3 Å². The largest absolute Gasteiger partial charge is 0.487 e. The van der Waals surface area contributed by atoms with E-state index in [1.165, 1.54) is 6.20 Å². The highest BCUT2D eigenvalue weighted by atomic mass is 19.1. The van der Waals surface area contributed by atoms with Gasteiger partial charge in [-0.15, -0.1) is 0 Å². The van der Waals surface area contributed by atoms with E-state index < -0.39 is 22.8 Å². The lowest BCUT2D eigenvalue weighted by molar-refractivity contribution is 0.0694. The third kappa shape index (κ3) is 1.49. The van der Waals surface area contributed by atoms with Crippen LogP contribution in [0.25, 0.3) is 10.9 Å². The van der Waals surface area contributed by atoms with Crippen molar-refractivity contribution in [3.63, 3.8) is 0 Å². The predicted octanol–water partition coefficient (Wildman–Crippen LogP) is 1.37. The lowest BCUT2D eigenvalue weighted by Gasteiger charge is -2.27. The third-order valence-corrected chi connectivity index (χ3v) is 3.43. The van der Waals surface area contributed by atoms with Gasteiger partial charge in [0.05, 0.1) is 16.9 Å². The van der Waals surface area contributed by atoms with Crippen molar-refractivity contribution in [3.8, 4) is 5.75 Å². The van der Waals surface area contributed by atoms with E-state index in [1.54, 1.807) is 11.5 Å². The molecule has 0 fully saturated rings. The molecule has 20 heavy (non-hydrogen) atoms. The fourth-order valence-electron chi connectivity index (χ4n) is 2.40. The maximum Gasteiger partial charge on any atom is 0.341 e. The van der Waals surface area contributed by atoms with Crippen LogP contribution in [0.3, 0.4) is 0 Å². The first-order chi connectivity index (χ1) is 9.41. The molecular weight excluding hydrogens is 267 g/mol. The van der Waals surface area contributed by atoms with Gasteiger partial charge in [0, 0.05) is 6.20 Å². The monoisotopic (exact) mass is 278 g/mol. The Morgan fingerprint density at radius 2 is 2.30 bits per heavy atom. The summed E-state index contributed by atoms with van der Waals surface area (Å²) in [5.74, 6) is -2.06. The first kappa shape index (κ1) is 12.5. The number of hydrogen-bond donors (Lipinski definition) is 2. The van der Waals surface area contributed by atoms with Gasteiger partial charge in [-0.25, -0.2) is 9.18 Å². The molecule has 1 unspecified atom stereocenters. The van der Waals surface area contributed by atoms with E-state index in [0.29, 0.717) is 5.52 Å². The molecule has 1 aliphatic rings. The Bertz CT molecular complexity index is 812. The summed E-state index contributed by atoms with van der Waals surface area (Å²) in [5.41, 5.74) is 4.62. The summed E-state index contributed by atoms with van der Waals surface area (Å²) in [5, 5.41) is 9.04. The third-order valence-electron chi connectivity index (χ3n) is 3.43. The molecule has 3 rings (SSSR count). The van der Waals surface area contributed by atoms with Gasteiger partial charge in [0.15, 0.2) is 11.6 Å². The summed E-state index contributed by atoms with van der Waals surface area (Å²) in [6, 6.07) is 0.773. The molecule has 1 aromatic heterocycles. The smallest absolute Gasteiger partial charge is 0.341 e. The Hall–Kier alpha value is -2.57. The number of carbonyl (C=O) groups is 1. The van der Waals surface area contributed by atoms with Crippen LogP contribution < -0.4 is 15.9 Å². The molecule has 1 atom stereocenters. The zero-order valence-corrected chi connectivity index (χ0v) is 10.5. The summed E-state index contributed by atoms with van der Waals surface area (Å²) in [6.45, 7) is 2.02. The zero-order valence-electron chi connectivity index (χ0n) is 10.5. The number of carboxylic acids is 1. The fourth-order valence-corrected chi connectivity index (χ4v) is 2.40. The number of hydrogen-bond acceptors (Lipinski definition) is 4. The summed E-state index contributed by atoms with van der Waals surface area (Å²) in [4.78, 5) is 23.3. The molecule has 0 saturated heterocycles. The van der Waals surface area contributed by atoms with Crippen LogP contribution in [0.5, 0.6) is 5.75 Å². The average molecular weight is 278 g/mol. The van der Waals surface area contributed by atoms with Crippen LogP contribution in [-0.4, -0.2) is 22.2 Å². The topological polar surface area (TPSA) is 94.6 Å². The van der Waals surface area contributed by atoms with Crippen LogP contribution >= 0.6 is 0 Å². The normalized spacial score (nSPS) is 17.0. The quantitative estimate of drug-likeness (QED) is 0.768. The van der Waals surface area contributed by atoms with Crippen molar-refractivity contribution >= 4 is 22.6 Å². The van der Waals surface area contributed by atoms with E-state index in [2.05, 4.69) is 0 Å². The number of carboxylic acid groups (broad SMARTS) is 1. The van der Waals surface area contributed by atoms with Gasteiger partial charge >= 0.3 is 5.97 Å². The number of rotatable bonds is 1. The maximum absolute atomic E-state index is 13.8. The number of anilines is 1. The second-order valence-electron chi connectivity index (χ2n) is 4.74. The van der Waals surface area contributed by atoms with Crippen LogP contribution in [0, 0.1) is 5.82 Å². The van der Waals surface area contributed by atoms with E-state index >= 15 is 0 Å². The van der Waals surface area contributed by atoms with Gasteiger partial charge < -0.3 is 20.1 Å². The van der Waals surface area contributed by atoms with Crippen LogP contribution in [0.4, 0.5) is 10.1 Å². The lowest BCUT2D eigenvalue weighted by atomic mass is 10.1. The SMILES string of the molecule is CC1COc2c(N)c(F)cc3c(=O)c(C(=O)O)cn1c23. The highest BCUT2D eigenvalue weighted by molar-refractivity contribution is 5.96.